The van der Waals surface area contributed by atoms with Gasteiger partial charge in [0.15, 0.2) is 0 Å². The molecule has 3 heteroatoms. The van der Waals surface area contributed by atoms with Gasteiger partial charge in [0.25, 0.3) is 0 Å². The number of nitrogens with one attached hydrogen (secondary N) is 1. The van der Waals surface area contributed by atoms with Gasteiger partial charge in [0.1, 0.15) is 5.01 Å². The molecule has 0 aliphatic heterocycles. The molecule has 1 aliphatic carbocycles. The molecule has 0 radical (unpaired) electrons. The highest BCUT2D eigenvalue weighted by Crippen LogP contribution is 2.37. The van der Waals surface area contributed by atoms with Gasteiger partial charge in [-0.15, -0.1) is 11.3 Å². The fourth-order valence-electron chi connectivity index (χ4n) is 2.77. The van der Waals surface area contributed by atoms with Gasteiger partial charge < -0.3 is 5.32 Å². The van der Waals surface area contributed by atoms with Crippen LogP contribution in [0.3, 0.4) is 0 Å². The van der Waals surface area contributed by atoms with Crippen LogP contribution < -0.4 is 5.32 Å². The van der Waals surface area contributed by atoms with Gasteiger partial charge in [0.05, 0.1) is 11.7 Å². The quantitative estimate of drug-likeness (QED) is 0.849. The number of thiazole rings is 1. The monoisotopic (exact) mass is 266 g/mol. The van der Waals surface area contributed by atoms with Crippen LogP contribution in [0.4, 0.5) is 0 Å². The van der Waals surface area contributed by atoms with Crippen molar-refractivity contribution >= 4 is 11.3 Å². The summed E-state index contributed by atoms with van der Waals surface area (Å²) in [5, 5.41) is 7.28. The van der Waals surface area contributed by atoms with E-state index in [0.717, 1.165) is 5.92 Å². The molecule has 2 rings (SSSR count). The molecule has 1 saturated carbocycles. The Balaban J connectivity index is 2.15. The number of hydrogen-bond acceptors (Lipinski definition) is 3. The van der Waals surface area contributed by atoms with Crippen molar-refractivity contribution < 1.29 is 0 Å². The third-order valence-electron chi connectivity index (χ3n) is 3.78. The van der Waals surface area contributed by atoms with E-state index in [1.165, 1.54) is 36.4 Å². The lowest BCUT2D eigenvalue weighted by atomic mass is 9.98. The maximum Gasteiger partial charge on any atom is 0.110 e. The Morgan fingerprint density at radius 3 is 2.39 bits per heavy atom. The van der Waals surface area contributed by atoms with Gasteiger partial charge in [-0.1, -0.05) is 40.5 Å². The molecule has 0 spiro atoms. The second-order valence-corrected chi connectivity index (χ2v) is 7.00. The molecular formula is C15H26N2S. The van der Waals surface area contributed by atoms with E-state index in [4.69, 9.17) is 4.98 Å². The summed E-state index contributed by atoms with van der Waals surface area (Å²) in [5.41, 5.74) is 1.25. The summed E-state index contributed by atoms with van der Waals surface area (Å²) < 4.78 is 0. The highest BCUT2D eigenvalue weighted by atomic mass is 32.1. The lowest BCUT2D eigenvalue weighted by molar-refractivity contribution is 0.342. The Hall–Kier alpha value is -0.410. The molecule has 1 unspecified atom stereocenters. The summed E-state index contributed by atoms with van der Waals surface area (Å²) in [6.07, 6.45) is 5.51. The summed E-state index contributed by atoms with van der Waals surface area (Å²) in [6, 6.07) is 1.01. The fourth-order valence-corrected chi connectivity index (χ4v) is 3.90. The minimum absolute atomic E-state index is 0.477. The molecule has 0 aromatic carbocycles. The van der Waals surface area contributed by atoms with Gasteiger partial charge in [-0.3, -0.25) is 0 Å². The average Bonchev–Trinajstić information content (AvgIpc) is 2.97. The van der Waals surface area contributed by atoms with E-state index in [-0.39, 0.29) is 0 Å². The normalized spacial score (nSPS) is 19.0. The minimum Gasteiger partial charge on any atom is -0.305 e. The fraction of sp³-hybridized carbons (Fsp3) is 0.800. The smallest absolute Gasteiger partial charge is 0.110 e. The Morgan fingerprint density at radius 1 is 1.22 bits per heavy atom. The summed E-state index contributed by atoms with van der Waals surface area (Å²) >= 11 is 1.84. The van der Waals surface area contributed by atoms with E-state index < -0.39 is 0 Å². The van der Waals surface area contributed by atoms with Crippen molar-refractivity contribution in [1.29, 1.82) is 0 Å². The van der Waals surface area contributed by atoms with Crippen LogP contribution in [0, 0.1) is 5.92 Å². The lowest BCUT2D eigenvalue weighted by Crippen LogP contribution is -2.32. The van der Waals surface area contributed by atoms with Gasteiger partial charge in [0.2, 0.25) is 0 Å². The standard InChI is InChI=1S/C15H26N2S/c1-10(2)13-9-18-15(17-13)14(16-11(3)4)12-7-5-6-8-12/h9-12,14,16H,5-8H2,1-4H3. The zero-order chi connectivity index (χ0) is 13.1. The number of hydrogen-bond donors (Lipinski definition) is 1. The van der Waals surface area contributed by atoms with Crippen molar-refractivity contribution in [1.82, 2.24) is 10.3 Å². The summed E-state index contributed by atoms with van der Waals surface area (Å²) in [5.74, 6) is 1.33. The minimum atomic E-state index is 0.477. The van der Waals surface area contributed by atoms with Crippen molar-refractivity contribution in [3.8, 4) is 0 Å². The molecule has 102 valence electrons. The summed E-state index contributed by atoms with van der Waals surface area (Å²) in [7, 11) is 0. The molecule has 1 aromatic rings. The molecule has 0 bridgehead atoms. The Kier molecular flexibility index (Phi) is 4.79. The van der Waals surface area contributed by atoms with Crippen molar-refractivity contribution in [2.24, 2.45) is 5.92 Å². The number of rotatable bonds is 5. The molecule has 1 N–H and O–H groups in total. The van der Waals surface area contributed by atoms with Crippen LogP contribution in [0.1, 0.15) is 76.0 Å². The zero-order valence-corrected chi connectivity index (χ0v) is 12.9. The van der Waals surface area contributed by atoms with Crippen LogP contribution in [-0.4, -0.2) is 11.0 Å². The molecule has 1 fully saturated rings. The Bertz CT molecular complexity index is 364. The molecule has 1 aromatic heterocycles. The number of nitrogens with zero attached hydrogens (tertiary/aromatic N) is 1. The summed E-state index contributed by atoms with van der Waals surface area (Å²) in [6.45, 7) is 8.91. The van der Waals surface area contributed by atoms with E-state index in [1.807, 2.05) is 11.3 Å². The van der Waals surface area contributed by atoms with Crippen LogP contribution >= 0.6 is 11.3 Å². The third-order valence-corrected chi connectivity index (χ3v) is 4.73. The first kappa shape index (κ1) is 14.0. The SMILES string of the molecule is CC(C)NC(c1nc(C(C)C)cs1)C1CCCC1. The summed E-state index contributed by atoms with van der Waals surface area (Å²) in [4.78, 5) is 4.86. The molecule has 18 heavy (non-hydrogen) atoms. The first-order chi connectivity index (χ1) is 8.58. The van der Waals surface area contributed by atoms with Gasteiger partial charge >= 0.3 is 0 Å². The predicted molar refractivity (Wildman–Crippen MR) is 79.2 cm³/mol. The van der Waals surface area contributed by atoms with Crippen molar-refractivity contribution in [3.63, 3.8) is 0 Å². The molecule has 2 nitrogen and oxygen atoms in total. The molecule has 1 atom stereocenters. The van der Waals surface area contributed by atoms with Crippen LogP contribution in [0.5, 0.6) is 0 Å². The molecule has 1 heterocycles. The van der Waals surface area contributed by atoms with Crippen molar-refractivity contribution in [3.05, 3.63) is 16.1 Å². The largest absolute Gasteiger partial charge is 0.305 e. The second-order valence-electron chi connectivity index (χ2n) is 6.11. The lowest BCUT2D eigenvalue weighted by Gasteiger charge is -2.25. The first-order valence-corrected chi connectivity index (χ1v) is 8.17. The van der Waals surface area contributed by atoms with Crippen LogP contribution in [0.25, 0.3) is 0 Å². The van der Waals surface area contributed by atoms with Crippen molar-refractivity contribution in [2.75, 3.05) is 0 Å². The van der Waals surface area contributed by atoms with E-state index in [0.29, 0.717) is 18.0 Å². The zero-order valence-electron chi connectivity index (χ0n) is 12.1. The van der Waals surface area contributed by atoms with Crippen LogP contribution in [0.2, 0.25) is 0 Å². The van der Waals surface area contributed by atoms with Crippen LogP contribution in [-0.2, 0) is 0 Å². The topological polar surface area (TPSA) is 24.9 Å². The predicted octanol–water partition coefficient (Wildman–Crippen LogP) is 4.50. The van der Waals surface area contributed by atoms with Gasteiger partial charge in [-0.25, -0.2) is 4.98 Å². The van der Waals surface area contributed by atoms with Crippen LogP contribution in [0.15, 0.2) is 5.38 Å². The maximum absolute atomic E-state index is 4.86. The van der Waals surface area contributed by atoms with Gasteiger partial charge in [0, 0.05) is 11.4 Å². The van der Waals surface area contributed by atoms with Gasteiger partial charge in [-0.05, 0) is 24.7 Å². The van der Waals surface area contributed by atoms with E-state index in [9.17, 15) is 0 Å². The molecule has 0 amide bonds. The van der Waals surface area contributed by atoms with Gasteiger partial charge in [-0.2, -0.15) is 0 Å². The molecule has 0 saturated heterocycles. The highest BCUT2D eigenvalue weighted by molar-refractivity contribution is 7.09. The molecule has 1 aliphatic rings. The number of aromatic nitrogens is 1. The Morgan fingerprint density at radius 2 is 1.89 bits per heavy atom. The third kappa shape index (κ3) is 3.33. The highest BCUT2D eigenvalue weighted by Gasteiger charge is 2.28. The molecular weight excluding hydrogens is 240 g/mol. The van der Waals surface area contributed by atoms with E-state index in [2.05, 4.69) is 38.4 Å². The average molecular weight is 266 g/mol. The van der Waals surface area contributed by atoms with E-state index >= 15 is 0 Å². The second kappa shape index (κ2) is 6.16. The first-order valence-electron chi connectivity index (χ1n) is 7.29. The Labute approximate surface area is 115 Å². The van der Waals surface area contributed by atoms with E-state index in [1.54, 1.807) is 0 Å². The van der Waals surface area contributed by atoms with Crippen molar-refractivity contribution in [2.45, 2.75) is 71.4 Å². The maximum atomic E-state index is 4.86.